The second-order valence-electron chi connectivity index (χ2n) is 3.97. The zero-order chi connectivity index (χ0) is 14.8. The maximum absolute atomic E-state index is 13.7. The van der Waals surface area contributed by atoms with E-state index in [2.05, 4.69) is 15.3 Å². The molecule has 2 aromatic rings. The van der Waals surface area contributed by atoms with Crippen LogP contribution in [-0.4, -0.2) is 16.5 Å². The number of halogens is 4. The van der Waals surface area contributed by atoms with Gasteiger partial charge in [-0.2, -0.15) is 13.2 Å². The molecule has 0 saturated carbocycles. The molecule has 0 bridgehead atoms. The molecule has 0 aliphatic heterocycles. The molecule has 0 aliphatic carbocycles. The predicted octanol–water partition coefficient (Wildman–Crippen LogP) is 3.73. The first kappa shape index (κ1) is 14.2. The first-order chi connectivity index (χ1) is 9.41. The summed E-state index contributed by atoms with van der Waals surface area (Å²) in [5, 5.41) is 2.60. The van der Waals surface area contributed by atoms with E-state index in [9.17, 15) is 17.6 Å². The quantitative estimate of drug-likeness (QED) is 0.873. The average molecular weight is 285 g/mol. The Bertz CT molecular complexity index is 611. The van der Waals surface area contributed by atoms with Gasteiger partial charge in [-0.15, -0.1) is 0 Å². The van der Waals surface area contributed by atoms with Crippen molar-refractivity contribution in [3.05, 3.63) is 41.8 Å². The molecule has 0 spiro atoms. The lowest BCUT2D eigenvalue weighted by molar-refractivity contribution is -0.141. The van der Waals surface area contributed by atoms with Crippen molar-refractivity contribution in [3.8, 4) is 11.3 Å². The fourth-order valence-corrected chi connectivity index (χ4v) is 1.64. The zero-order valence-corrected chi connectivity index (χ0v) is 10.5. The van der Waals surface area contributed by atoms with Crippen molar-refractivity contribution in [2.45, 2.75) is 13.1 Å². The number of benzene rings is 1. The molecule has 0 fully saturated rings. The highest BCUT2D eigenvalue weighted by atomic mass is 19.4. The summed E-state index contributed by atoms with van der Waals surface area (Å²) in [5.41, 5.74) is -1.22. The fourth-order valence-electron chi connectivity index (χ4n) is 1.64. The van der Waals surface area contributed by atoms with Crippen LogP contribution in [0.2, 0.25) is 0 Å². The van der Waals surface area contributed by atoms with E-state index in [1.54, 1.807) is 6.92 Å². The Morgan fingerprint density at radius 2 is 1.85 bits per heavy atom. The van der Waals surface area contributed by atoms with Crippen LogP contribution in [0.3, 0.4) is 0 Å². The Hall–Kier alpha value is -2.18. The third-order valence-corrected chi connectivity index (χ3v) is 2.50. The standard InChI is InChI=1S/C13H11F4N3/c1-2-18-12-19-10(7-11(20-12)13(15,16)17)8-5-3-4-6-9(8)14/h3-7H,2H2,1H3,(H,18,19,20). The van der Waals surface area contributed by atoms with Gasteiger partial charge in [-0.25, -0.2) is 14.4 Å². The molecule has 1 heterocycles. The van der Waals surface area contributed by atoms with Crippen LogP contribution in [0.15, 0.2) is 30.3 Å². The van der Waals surface area contributed by atoms with Crippen LogP contribution >= 0.6 is 0 Å². The second kappa shape index (κ2) is 5.44. The van der Waals surface area contributed by atoms with Crippen molar-refractivity contribution >= 4 is 5.95 Å². The van der Waals surface area contributed by atoms with Crippen LogP contribution in [0.1, 0.15) is 12.6 Å². The third-order valence-electron chi connectivity index (χ3n) is 2.50. The molecule has 0 amide bonds. The number of alkyl halides is 3. The fraction of sp³-hybridized carbons (Fsp3) is 0.231. The lowest BCUT2D eigenvalue weighted by Crippen LogP contribution is -2.12. The number of hydrogen-bond acceptors (Lipinski definition) is 3. The Kier molecular flexibility index (Phi) is 3.87. The Morgan fingerprint density at radius 3 is 2.45 bits per heavy atom. The minimum atomic E-state index is -4.62. The van der Waals surface area contributed by atoms with Gasteiger partial charge in [0.05, 0.1) is 5.69 Å². The van der Waals surface area contributed by atoms with E-state index >= 15 is 0 Å². The van der Waals surface area contributed by atoms with E-state index < -0.39 is 17.7 Å². The van der Waals surface area contributed by atoms with Gasteiger partial charge in [0.25, 0.3) is 0 Å². The third kappa shape index (κ3) is 3.04. The van der Waals surface area contributed by atoms with Gasteiger partial charge in [-0.1, -0.05) is 12.1 Å². The van der Waals surface area contributed by atoms with Crippen LogP contribution in [0.5, 0.6) is 0 Å². The topological polar surface area (TPSA) is 37.8 Å². The Labute approximate surface area is 112 Å². The molecular weight excluding hydrogens is 274 g/mol. The van der Waals surface area contributed by atoms with Gasteiger partial charge in [0.2, 0.25) is 5.95 Å². The molecule has 0 radical (unpaired) electrons. The van der Waals surface area contributed by atoms with Gasteiger partial charge in [0, 0.05) is 12.1 Å². The van der Waals surface area contributed by atoms with E-state index in [1.165, 1.54) is 18.2 Å². The van der Waals surface area contributed by atoms with Gasteiger partial charge < -0.3 is 5.32 Å². The highest BCUT2D eigenvalue weighted by Crippen LogP contribution is 2.31. The molecule has 0 atom stereocenters. The summed E-state index contributed by atoms with van der Waals surface area (Å²) in [6.45, 7) is 2.06. The molecule has 7 heteroatoms. The monoisotopic (exact) mass is 285 g/mol. The van der Waals surface area contributed by atoms with E-state index in [0.29, 0.717) is 6.54 Å². The van der Waals surface area contributed by atoms with Crippen molar-refractivity contribution in [1.82, 2.24) is 9.97 Å². The summed E-state index contributed by atoms with van der Waals surface area (Å²) in [4.78, 5) is 7.29. The normalized spacial score (nSPS) is 11.4. The molecule has 0 saturated heterocycles. The van der Waals surface area contributed by atoms with Gasteiger partial charge >= 0.3 is 6.18 Å². The molecule has 2 rings (SSSR count). The summed E-state index contributed by atoms with van der Waals surface area (Å²) >= 11 is 0. The first-order valence-corrected chi connectivity index (χ1v) is 5.87. The maximum Gasteiger partial charge on any atom is 0.433 e. The van der Waals surface area contributed by atoms with Crippen LogP contribution < -0.4 is 5.32 Å². The summed E-state index contributed by atoms with van der Waals surface area (Å²) in [6.07, 6.45) is -4.62. The molecule has 106 valence electrons. The van der Waals surface area contributed by atoms with E-state index in [1.807, 2.05) is 0 Å². The van der Waals surface area contributed by atoms with Crippen molar-refractivity contribution < 1.29 is 17.6 Å². The number of aromatic nitrogens is 2. The van der Waals surface area contributed by atoms with Crippen molar-refractivity contribution in [3.63, 3.8) is 0 Å². The first-order valence-electron chi connectivity index (χ1n) is 5.87. The molecule has 0 unspecified atom stereocenters. The molecule has 3 nitrogen and oxygen atoms in total. The molecular formula is C13H11F4N3. The maximum atomic E-state index is 13.7. The van der Waals surface area contributed by atoms with Crippen LogP contribution in [0.4, 0.5) is 23.5 Å². The minimum absolute atomic E-state index is 0.000414. The Balaban J connectivity index is 2.58. The second-order valence-corrected chi connectivity index (χ2v) is 3.97. The van der Waals surface area contributed by atoms with Crippen molar-refractivity contribution in [2.75, 3.05) is 11.9 Å². The van der Waals surface area contributed by atoms with Crippen molar-refractivity contribution in [1.29, 1.82) is 0 Å². The van der Waals surface area contributed by atoms with E-state index in [0.717, 1.165) is 12.1 Å². The SMILES string of the molecule is CCNc1nc(-c2ccccc2F)cc(C(F)(F)F)n1. The van der Waals surface area contributed by atoms with E-state index in [-0.39, 0.29) is 17.2 Å². The molecule has 20 heavy (non-hydrogen) atoms. The predicted molar refractivity (Wildman–Crippen MR) is 66.6 cm³/mol. The number of hydrogen-bond donors (Lipinski definition) is 1. The molecule has 1 aromatic heterocycles. The van der Waals surface area contributed by atoms with Crippen molar-refractivity contribution in [2.24, 2.45) is 0 Å². The lowest BCUT2D eigenvalue weighted by Gasteiger charge is -2.11. The largest absolute Gasteiger partial charge is 0.433 e. The number of nitrogens with zero attached hydrogens (tertiary/aromatic N) is 2. The lowest BCUT2D eigenvalue weighted by atomic mass is 10.1. The number of anilines is 1. The van der Waals surface area contributed by atoms with Gasteiger partial charge in [-0.05, 0) is 25.1 Å². The number of nitrogens with one attached hydrogen (secondary N) is 1. The highest BCUT2D eigenvalue weighted by molar-refractivity contribution is 5.61. The summed E-state index contributed by atoms with van der Waals surface area (Å²) in [6, 6.07) is 6.25. The van der Waals surface area contributed by atoms with Crippen LogP contribution in [0.25, 0.3) is 11.3 Å². The van der Waals surface area contributed by atoms with Crippen LogP contribution in [-0.2, 0) is 6.18 Å². The molecule has 1 aromatic carbocycles. The zero-order valence-electron chi connectivity index (χ0n) is 10.5. The van der Waals surface area contributed by atoms with Gasteiger partial charge in [-0.3, -0.25) is 0 Å². The molecule has 1 N–H and O–H groups in total. The summed E-state index contributed by atoms with van der Waals surface area (Å²) < 4.78 is 52.0. The highest BCUT2D eigenvalue weighted by Gasteiger charge is 2.34. The van der Waals surface area contributed by atoms with Crippen LogP contribution in [0, 0.1) is 5.82 Å². The van der Waals surface area contributed by atoms with Gasteiger partial charge in [0.1, 0.15) is 5.82 Å². The van der Waals surface area contributed by atoms with Gasteiger partial charge in [0.15, 0.2) is 5.69 Å². The summed E-state index contributed by atoms with van der Waals surface area (Å²) in [7, 11) is 0. The average Bonchev–Trinajstić information content (AvgIpc) is 2.38. The summed E-state index contributed by atoms with van der Waals surface area (Å²) in [5.74, 6) is -0.817. The minimum Gasteiger partial charge on any atom is -0.354 e. The van der Waals surface area contributed by atoms with E-state index in [4.69, 9.17) is 0 Å². The molecule has 0 aliphatic rings. The number of rotatable bonds is 3. The smallest absolute Gasteiger partial charge is 0.354 e. The Morgan fingerprint density at radius 1 is 1.15 bits per heavy atom.